The Labute approximate surface area is 203 Å². The number of phenols is 1. The predicted molar refractivity (Wildman–Crippen MR) is 128 cm³/mol. The number of ether oxygens (including phenoxy) is 1. The maximum absolute atomic E-state index is 15.1. The van der Waals surface area contributed by atoms with Gasteiger partial charge in [-0.25, -0.2) is 8.78 Å². The monoisotopic (exact) mass is 481 g/mol. The van der Waals surface area contributed by atoms with Gasteiger partial charge in [-0.15, -0.1) is 15.3 Å². The van der Waals surface area contributed by atoms with Crippen molar-refractivity contribution in [2.75, 3.05) is 19.1 Å². The lowest BCUT2D eigenvalue weighted by Gasteiger charge is -2.44. The molecule has 2 heterocycles. The number of methoxy groups -OCH3 is 1. The predicted octanol–water partition coefficient (Wildman–Crippen LogP) is 5.39. The second kappa shape index (κ2) is 8.39. The molecular weight excluding hydrogens is 452 g/mol. The Morgan fingerprint density at radius 1 is 1.03 bits per heavy atom. The summed E-state index contributed by atoms with van der Waals surface area (Å²) in [5, 5.41) is 26.5. The first-order valence-electron chi connectivity index (χ1n) is 11.8. The van der Waals surface area contributed by atoms with E-state index in [0.717, 1.165) is 18.9 Å². The molecule has 3 atom stereocenters. The first-order valence-corrected chi connectivity index (χ1v) is 11.8. The molecule has 2 bridgehead atoms. The van der Waals surface area contributed by atoms with Crippen LogP contribution >= 0.6 is 0 Å². The van der Waals surface area contributed by atoms with Gasteiger partial charge in [0.2, 0.25) is 5.88 Å². The van der Waals surface area contributed by atoms with Crippen LogP contribution in [-0.4, -0.2) is 45.7 Å². The van der Waals surface area contributed by atoms with Gasteiger partial charge in [-0.2, -0.15) is 5.10 Å². The first-order chi connectivity index (χ1) is 16.6. The van der Waals surface area contributed by atoms with E-state index in [1.165, 1.54) is 38.6 Å². The fourth-order valence-electron chi connectivity index (χ4n) is 6.14. The van der Waals surface area contributed by atoms with Crippen LogP contribution in [-0.2, 0) is 0 Å². The summed E-state index contributed by atoms with van der Waals surface area (Å²) >= 11 is 0. The third-order valence-corrected chi connectivity index (χ3v) is 7.80. The summed E-state index contributed by atoms with van der Waals surface area (Å²) in [6.45, 7) is 4.74. The van der Waals surface area contributed by atoms with E-state index in [9.17, 15) is 5.11 Å². The highest BCUT2D eigenvalue weighted by Crippen LogP contribution is 2.58. The van der Waals surface area contributed by atoms with Crippen molar-refractivity contribution in [3.63, 3.8) is 0 Å². The van der Waals surface area contributed by atoms with Crippen LogP contribution in [0.5, 0.6) is 11.6 Å². The van der Waals surface area contributed by atoms with Crippen molar-refractivity contribution in [2.45, 2.75) is 52.0 Å². The normalized spacial score (nSPS) is 25.5. The summed E-state index contributed by atoms with van der Waals surface area (Å²) in [5.41, 5.74) is 0.481. The Morgan fingerprint density at radius 3 is 2.37 bits per heavy atom. The lowest BCUT2D eigenvalue weighted by molar-refractivity contribution is 0.148. The summed E-state index contributed by atoms with van der Waals surface area (Å²) in [5.74, 6) is -1.98. The molecule has 1 unspecified atom stereocenters. The molecule has 7 nitrogen and oxygen atoms in total. The summed E-state index contributed by atoms with van der Waals surface area (Å²) in [6, 6.07) is 6.20. The number of hydrogen-bond donors (Lipinski definition) is 1. The molecule has 0 spiro atoms. The van der Waals surface area contributed by atoms with Gasteiger partial charge in [0.1, 0.15) is 5.75 Å². The molecule has 5 rings (SSSR count). The van der Waals surface area contributed by atoms with Crippen LogP contribution in [0.15, 0.2) is 30.5 Å². The van der Waals surface area contributed by atoms with E-state index in [0.29, 0.717) is 22.7 Å². The molecule has 184 valence electrons. The van der Waals surface area contributed by atoms with Crippen LogP contribution in [0.1, 0.15) is 46.0 Å². The molecule has 35 heavy (non-hydrogen) atoms. The minimum absolute atomic E-state index is 0.0515. The summed E-state index contributed by atoms with van der Waals surface area (Å²) in [7, 11) is 3.40. The highest BCUT2D eigenvalue weighted by Gasteiger charge is 2.50. The molecule has 9 heteroatoms. The van der Waals surface area contributed by atoms with Crippen molar-refractivity contribution < 1.29 is 18.6 Å². The van der Waals surface area contributed by atoms with Gasteiger partial charge in [-0.1, -0.05) is 13.8 Å². The van der Waals surface area contributed by atoms with Crippen LogP contribution in [0.3, 0.4) is 0 Å². The minimum atomic E-state index is -1.21. The molecule has 1 N–H and O–H groups in total. The van der Waals surface area contributed by atoms with Crippen molar-refractivity contribution in [3.8, 4) is 34.0 Å². The Balaban J connectivity index is 1.43. The summed E-state index contributed by atoms with van der Waals surface area (Å²) < 4.78 is 35.1. The van der Waals surface area contributed by atoms with E-state index in [4.69, 9.17) is 4.74 Å². The molecule has 2 saturated carbocycles. The number of rotatable bonds is 5. The Morgan fingerprint density at radius 2 is 1.74 bits per heavy atom. The second-order valence-corrected chi connectivity index (χ2v) is 10.7. The Bertz CT molecular complexity index is 1250. The van der Waals surface area contributed by atoms with Gasteiger partial charge < -0.3 is 14.7 Å². The number of benzene rings is 1. The highest BCUT2D eigenvalue weighted by molar-refractivity contribution is 5.75. The van der Waals surface area contributed by atoms with E-state index < -0.39 is 17.4 Å². The molecule has 2 fully saturated rings. The third-order valence-electron chi connectivity index (χ3n) is 7.80. The zero-order chi connectivity index (χ0) is 25.0. The lowest BCUT2D eigenvalue weighted by Crippen LogP contribution is -2.42. The maximum atomic E-state index is 15.1. The molecule has 2 aliphatic carbocycles. The number of phenolic OH excluding ortho intramolecular Hbond substituents is 1. The van der Waals surface area contributed by atoms with Crippen molar-refractivity contribution >= 4 is 5.82 Å². The van der Waals surface area contributed by atoms with E-state index >= 15 is 8.78 Å². The number of anilines is 1. The van der Waals surface area contributed by atoms with E-state index in [1.54, 1.807) is 12.1 Å². The molecule has 0 radical (unpaired) electrons. The molecule has 0 aliphatic heterocycles. The number of nitrogens with zero attached hydrogens (tertiary/aromatic N) is 5. The third kappa shape index (κ3) is 4.17. The zero-order valence-corrected chi connectivity index (χ0v) is 20.3. The zero-order valence-electron chi connectivity index (χ0n) is 20.3. The summed E-state index contributed by atoms with van der Waals surface area (Å²) in [6.07, 6.45) is 7.22. The van der Waals surface area contributed by atoms with Crippen molar-refractivity contribution in [1.29, 1.82) is 0 Å². The van der Waals surface area contributed by atoms with Crippen LogP contribution in [0.4, 0.5) is 14.6 Å². The van der Waals surface area contributed by atoms with Crippen LogP contribution < -0.4 is 9.64 Å². The molecule has 1 aromatic carbocycles. The first kappa shape index (κ1) is 23.4. The highest BCUT2D eigenvalue weighted by atomic mass is 19.2. The molecule has 0 amide bonds. The topological polar surface area (TPSA) is 84.3 Å². The van der Waals surface area contributed by atoms with Crippen molar-refractivity contribution in [3.05, 3.63) is 42.1 Å². The van der Waals surface area contributed by atoms with Gasteiger partial charge in [0.05, 0.1) is 24.6 Å². The van der Waals surface area contributed by atoms with E-state index in [1.807, 2.05) is 7.05 Å². The van der Waals surface area contributed by atoms with Gasteiger partial charge in [0.15, 0.2) is 17.5 Å². The minimum Gasteiger partial charge on any atom is -0.507 e. The standard InChI is InChI=1S/C26H29F2N5O2/c1-25-7-8-26(2,14-25)12-16(11-25)33(3)20-6-5-18(30-31-20)22-19(34)10-17(23(27)24(22)28)15-9-21(35-4)32-29-13-15/h5-6,9-10,13,16,34H,7-8,11-12,14H2,1-4H3/t16?,25-,26+. The van der Waals surface area contributed by atoms with Gasteiger partial charge in [0.25, 0.3) is 0 Å². The van der Waals surface area contributed by atoms with E-state index in [2.05, 4.69) is 39.1 Å². The largest absolute Gasteiger partial charge is 0.507 e. The number of aromatic hydroxyl groups is 1. The molecule has 2 aromatic heterocycles. The summed E-state index contributed by atoms with van der Waals surface area (Å²) in [4.78, 5) is 2.14. The van der Waals surface area contributed by atoms with Crippen LogP contribution in [0.25, 0.3) is 22.4 Å². The van der Waals surface area contributed by atoms with Gasteiger partial charge in [-0.3, -0.25) is 0 Å². The molecule has 3 aromatic rings. The molecule has 0 saturated heterocycles. The average Bonchev–Trinajstić information content (AvgIpc) is 3.07. The fraction of sp³-hybridized carbons (Fsp3) is 0.462. The van der Waals surface area contributed by atoms with Crippen LogP contribution in [0.2, 0.25) is 0 Å². The quantitative estimate of drug-likeness (QED) is 0.523. The Hall–Kier alpha value is -3.36. The lowest BCUT2D eigenvalue weighted by atomic mass is 9.68. The average molecular weight is 482 g/mol. The van der Waals surface area contributed by atoms with Crippen molar-refractivity contribution in [1.82, 2.24) is 20.4 Å². The number of aromatic nitrogens is 4. The fourth-order valence-corrected chi connectivity index (χ4v) is 6.14. The second-order valence-electron chi connectivity index (χ2n) is 10.7. The number of halogens is 2. The van der Waals surface area contributed by atoms with Gasteiger partial charge >= 0.3 is 0 Å². The van der Waals surface area contributed by atoms with Crippen molar-refractivity contribution in [2.24, 2.45) is 10.8 Å². The Kier molecular flexibility index (Phi) is 5.61. The number of fused-ring (bicyclic) bond motifs is 2. The maximum Gasteiger partial charge on any atom is 0.233 e. The SMILES string of the molecule is COc1cc(-c2cc(O)c(-c3ccc(N(C)C4C[C@]5(C)CC[C@](C)(C4)C5)nn3)c(F)c2F)cnn1. The van der Waals surface area contributed by atoms with Gasteiger partial charge in [0, 0.05) is 30.3 Å². The van der Waals surface area contributed by atoms with E-state index in [-0.39, 0.29) is 28.3 Å². The van der Waals surface area contributed by atoms with Gasteiger partial charge in [-0.05, 0) is 61.1 Å². The van der Waals surface area contributed by atoms with Crippen LogP contribution in [0, 0.1) is 22.5 Å². The smallest absolute Gasteiger partial charge is 0.233 e. The molecular formula is C26H29F2N5O2. The molecule has 2 aliphatic rings. The number of hydrogen-bond acceptors (Lipinski definition) is 7.